The minimum absolute atomic E-state index is 0.0120. The molecule has 31 heteroatoms. The molecule has 11 amide bonds. The molecular formula is C45H84N18O13. The van der Waals surface area contributed by atoms with E-state index in [1.54, 1.807) is 13.8 Å². The molecule has 0 aliphatic carbocycles. The molecule has 0 fully saturated rings. The van der Waals surface area contributed by atoms with Crippen molar-refractivity contribution < 1.29 is 62.6 Å². The first kappa shape index (κ1) is 68.8. The molecule has 0 radical (unpaired) electrons. The largest absolute Gasteiger partial charge is 0.480 e. The Hall–Kier alpha value is -7.25. The van der Waals surface area contributed by atoms with Crippen LogP contribution in [0.25, 0.3) is 0 Å². The number of nitrogens with zero attached hydrogens (tertiary/aromatic N) is 1. The third-order valence-electron chi connectivity index (χ3n) is 11.7. The highest BCUT2D eigenvalue weighted by atomic mass is 16.4. The molecule has 0 aromatic rings. The van der Waals surface area contributed by atoms with E-state index in [1.165, 1.54) is 6.92 Å². The summed E-state index contributed by atoms with van der Waals surface area (Å²) in [5.41, 5.74) is 50.2. The number of carboxylic acids is 1. The van der Waals surface area contributed by atoms with Crippen LogP contribution in [0.5, 0.6) is 0 Å². The van der Waals surface area contributed by atoms with Crippen LogP contribution in [0.1, 0.15) is 117 Å². The van der Waals surface area contributed by atoms with Crippen LogP contribution in [-0.4, -0.2) is 163 Å². The lowest BCUT2D eigenvalue weighted by Gasteiger charge is -2.28. The topological polar surface area (TPSA) is 568 Å². The highest BCUT2D eigenvalue weighted by Crippen LogP contribution is 2.12. The highest BCUT2D eigenvalue weighted by Gasteiger charge is 2.36. The Balaban J connectivity index is 6.87. The fourth-order valence-electron chi connectivity index (χ4n) is 7.13. The summed E-state index contributed by atoms with van der Waals surface area (Å²) in [6.45, 7) is 5.21. The fourth-order valence-corrected chi connectivity index (χ4v) is 7.13. The number of guanidine groups is 1. The lowest BCUT2D eigenvalue weighted by molar-refractivity contribution is -0.142. The standard InChI is InChI=1S/C45H84N18O13/c1-4-23(2)35(43(74)56-24(3)44(75)76)63-42(73)31(22-34(52)66)62-41(72)30(21-33(51)65)61-38(69)27(14-7-10-18-48)59-40(71)29(20-32(50)64)60-39(70)28(15-11-19-55-45(53)54)58-37(68)26(13-6-9-17-47)57-36(67)25(49)12-5-8-16-46/h23-31,35H,4-22,46-49H2,1-3H3,(H2,50,64)(H2,51,65)(H2,52,66)(H,56,74)(H,57,67)(H,58,68)(H,59,71)(H,60,70)(H,61,69)(H,62,72)(H,63,73)(H,75,76)(H4,53,54,55). The summed E-state index contributed by atoms with van der Waals surface area (Å²) in [5, 5.41) is 28.4. The number of rotatable bonds is 41. The second kappa shape index (κ2) is 37.5. The minimum Gasteiger partial charge on any atom is -0.480 e. The quantitative estimate of drug-likeness (QED) is 0.0154. The average molecular weight is 1090 g/mol. The number of amides is 11. The van der Waals surface area contributed by atoms with E-state index in [-0.39, 0.29) is 64.1 Å². The number of hydrogen-bond donors (Lipinski definition) is 18. The lowest BCUT2D eigenvalue weighted by Crippen LogP contribution is -2.61. The maximum Gasteiger partial charge on any atom is 0.325 e. The molecule has 0 saturated carbocycles. The molecule has 10 atom stereocenters. The Morgan fingerprint density at radius 3 is 1.11 bits per heavy atom. The van der Waals surface area contributed by atoms with Crippen LogP contribution in [-0.2, 0) is 57.5 Å². The third-order valence-corrected chi connectivity index (χ3v) is 11.7. The van der Waals surface area contributed by atoms with Gasteiger partial charge in [-0.3, -0.25) is 62.5 Å². The van der Waals surface area contributed by atoms with Crippen molar-refractivity contribution in [2.24, 2.45) is 62.5 Å². The van der Waals surface area contributed by atoms with Crippen LogP contribution in [0.2, 0.25) is 0 Å². The molecular weight excluding hydrogens is 1000 g/mol. The Morgan fingerprint density at radius 1 is 0.434 bits per heavy atom. The van der Waals surface area contributed by atoms with Crippen molar-refractivity contribution in [1.29, 1.82) is 0 Å². The van der Waals surface area contributed by atoms with Crippen molar-refractivity contribution in [2.45, 2.75) is 171 Å². The molecule has 0 spiro atoms. The van der Waals surface area contributed by atoms with Gasteiger partial charge in [-0.15, -0.1) is 0 Å². The number of aliphatic imine (C=N–C) groups is 1. The van der Waals surface area contributed by atoms with Crippen molar-refractivity contribution in [1.82, 2.24) is 42.5 Å². The van der Waals surface area contributed by atoms with E-state index in [1.807, 2.05) is 0 Å². The summed E-state index contributed by atoms with van der Waals surface area (Å²) in [7, 11) is 0. The fraction of sp³-hybridized carbons (Fsp3) is 0.711. The first-order valence-corrected chi connectivity index (χ1v) is 25.1. The van der Waals surface area contributed by atoms with E-state index in [9.17, 15) is 62.6 Å². The molecule has 0 bridgehead atoms. The Labute approximate surface area is 441 Å². The van der Waals surface area contributed by atoms with Crippen LogP contribution >= 0.6 is 0 Å². The number of unbranched alkanes of at least 4 members (excludes halogenated alkanes) is 3. The van der Waals surface area contributed by atoms with Gasteiger partial charge in [-0.25, -0.2) is 0 Å². The normalized spacial score (nSPS) is 14.9. The molecule has 432 valence electrons. The van der Waals surface area contributed by atoms with Gasteiger partial charge in [0.2, 0.25) is 65.0 Å². The third kappa shape index (κ3) is 28.4. The lowest BCUT2D eigenvalue weighted by atomic mass is 9.97. The van der Waals surface area contributed by atoms with Crippen LogP contribution in [0.15, 0.2) is 4.99 Å². The number of hydrogen-bond acceptors (Lipinski definition) is 17. The summed E-state index contributed by atoms with van der Waals surface area (Å²) in [6.07, 6.45) is 0.269. The number of carbonyl (C=O) groups excluding carboxylic acids is 11. The molecule has 0 aromatic heterocycles. The molecule has 27 N–H and O–H groups in total. The highest BCUT2D eigenvalue weighted by molar-refractivity contribution is 6.00. The maximum atomic E-state index is 14.1. The Bertz CT molecular complexity index is 1990. The zero-order valence-corrected chi connectivity index (χ0v) is 43.7. The minimum atomic E-state index is -1.90. The molecule has 76 heavy (non-hydrogen) atoms. The summed E-state index contributed by atoms with van der Waals surface area (Å²) in [5.74, 6) is -13.6. The van der Waals surface area contributed by atoms with Crippen LogP contribution in [0, 0.1) is 5.92 Å². The van der Waals surface area contributed by atoms with Crippen molar-refractivity contribution in [3.05, 3.63) is 0 Å². The molecule has 0 heterocycles. The van der Waals surface area contributed by atoms with E-state index in [0.717, 1.165) is 0 Å². The van der Waals surface area contributed by atoms with Gasteiger partial charge in [0.1, 0.15) is 48.3 Å². The van der Waals surface area contributed by atoms with E-state index in [0.29, 0.717) is 45.1 Å². The zero-order valence-electron chi connectivity index (χ0n) is 43.7. The van der Waals surface area contributed by atoms with Gasteiger partial charge in [-0.1, -0.05) is 26.7 Å². The Kier molecular flexibility index (Phi) is 33.9. The van der Waals surface area contributed by atoms with Crippen LogP contribution < -0.4 is 94.1 Å². The predicted molar refractivity (Wildman–Crippen MR) is 276 cm³/mol. The number of carbonyl (C=O) groups is 12. The van der Waals surface area contributed by atoms with E-state index < -0.39 is 151 Å². The SMILES string of the molecule is CCC(C)C(NC(=O)C(CC(N)=O)NC(=O)C(CC(N)=O)NC(=O)C(CCCCN)NC(=O)C(CC(N)=O)NC(=O)C(CCCN=C(N)N)NC(=O)C(CCCCN)NC(=O)C(N)CCCCN)C(=O)NC(C)C(=O)O. The number of carboxylic acid groups (broad SMARTS) is 1. The van der Waals surface area contributed by atoms with Gasteiger partial charge in [-0.05, 0) is 96.7 Å². The summed E-state index contributed by atoms with van der Waals surface area (Å²) in [6, 6.07) is -13.5. The van der Waals surface area contributed by atoms with Crippen molar-refractivity contribution in [2.75, 3.05) is 26.2 Å². The maximum absolute atomic E-state index is 14.1. The number of nitrogens with two attached hydrogens (primary N) is 9. The van der Waals surface area contributed by atoms with Gasteiger partial charge in [0.25, 0.3) is 0 Å². The Morgan fingerprint density at radius 2 is 0.763 bits per heavy atom. The van der Waals surface area contributed by atoms with Gasteiger partial charge in [0.15, 0.2) is 5.96 Å². The molecule has 0 aliphatic heterocycles. The van der Waals surface area contributed by atoms with E-state index in [4.69, 9.17) is 51.6 Å². The second-order valence-electron chi connectivity index (χ2n) is 18.2. The second-order valence-corrected chi connectivity index (χ2v) is 18.2. The van der Waals surface area contributed by atoms with Crippen LogP contribution in [0.4, 0.5) is 0 Å². The van der Waals surface area contributed by atoms with Gasteiger partial charge in [0, 0.05) is 6.54 Å². The van der Waals surface area contributed by atoms with Crippen molar-refractivity contribution >= 4 is 76.9 Å². The van der Waals surface area contributed by atoms with E-state index >= 15 is 0 Å². The molecule has 0 aliphatic rings. The molecule has 0 saturated heterocycles. The number of nitrogens with one attached hydrogen (secondary N) is 8. The molecule has 31 nitrogen and oxygen atoms in total. The van der Waals surface area contributed by atoms with Crippen LogP contribution in [0.3, 0.4) is 0 Å². The first-order chi connectivity index (χ1) is 35.7. The summed E-state index contributed by atoms with van der Waals surface area (Å²) < 4.78 is 0. The number of primary amides is 3. The molecule has 10 unspecified atom stereocenters. The average Bonchev–Trinajstić information content (AvgIpc) is 3.34. The van der Waals surface area contributed by atoms with Gasteiger partial charge >= 0.3 is 5.97 Å². The van der Waals surface area contributed by atoms with Crippen molar-refractivity contribution in [3.8, 4) is 0 Å². The summed E-state index contributed by atoms with van der Waals surface area (Å²) >= 11 is 0. The number of aliphatic carboxylic acids is 1. The van der Waals surface area contributed by atoms with Crippen molar-refractivity contribution in [3.63, 3.8) is 0 Å². The first-order valence-electron chi connectivity index (χ1n) is 25.1. The smallest absolute Gasteiger partial charge is 0.325 e. The molecule has 0 rings (SSSR count). The monoisotopic (exact) mass is 1080 g/mol. The van der Waals surface area contributed by atoms with Gasteiger partial charge in [-0.2, -0.15) is 0 Å². The van der Waals surface area contributed by atoms with Gasteiger partial charge in [0.05, 0.1) is 25.3 Å². The predicted octanol–water partition coefficient (Wildman–Crippen LogP) is -7.59. The van der Waals surface area contributed by atoms with E-state index in [2.05, 4.69) is 47.5 Å². The van der Waals surface area contributed by atoms with Gasteiger partial charge < -0.3 is 99.2 Å². The summed E-state index contributed by atoms with van der Waals surface area (Å²) in [4.78, 5) is 162. The molecule has 0 aromatic carbocycles. The zero-order chi connectivity index (χ0) is 58.1.